The monoisotopic (exact) mass is 495 g/mol. The van der Waals surface area contributed by atoms with Gasteiger partial charge in [-0.2, -0.15) is 16.4 Å². The minimum atomic E-state index is 0. The molecule has 2 heterocycles. The van der Waals surface area contributed by atoms with Gasteiger partial charge >= 0.3 is 0 Å². The molecule has 0 bridgehead atoms. The number of aromatic nitrogens is 2. The molecule has 0 aliphatic carbocycles. The maximum Gasteiger partial charge on any atom is 0.191 e. The van der Waals surface area contributed by atoms with Gasteiger partial charge in [-0.15, -0.1) is 24.0 Å². The van der Waals surface area contributed by atoms with Crippen molar-refractivity contribution in [2.75, 3.05) is 7.05 Å². The third-order valence-electron chi connectivity index (χ3n) is 4.40. The van der Waals surface area contributed by atoms with Gasteiger partial charge in [-0.25, -0.2) is 0 Å². The molecule has 0 radical (unpaired) electrons. The average Bonchev–Trinajstić information content (AvgIpc) is 3.26. The van der Waals surface area contributed by atoms with Gasteiger partial charge in [0.15, 0.2) is 5.96 Å². The molecule has 2 aromatic heterocycles. The summed E-state index contributed by atoms with van der Waals surface area (Å²) < 4.78 is 2.07. The summed E-state index contributed by atoms with van der Waals surface area (Å²) in [6.45, 7) is 6.46. The van der Waals surface area contributed by atoms with Crippen LogP contribution in [0.15, 0.2) is 52.2 Å². The number of hydrogen-bond acceptors (Lipinski definition) is 3. The van der Waals surface area contributed by atoms with Gasteiger partial charge < -0.3 is 10.6 Å². The first-order chi connectivity index (χ1) is 12.7. The lowest BCUT2D eigenvalue weighted by Crippen LogP contribution is -2.36. The molecule has 0 unspecified atom stereocenters. The van der Waals surface area contributed by atoms with E-state index < -0.39 is 0 Å². The molecule has 2 N–H and O–H groups in total. The second kappa shape index (κ2) is 10.5. The van der Waals surface area contributed by atoms with Crippen LogP contribution in [0, 0.1) is 13.8 Å². The number of halogens is 1. The number of nitrogens with one attached hydrogen (secondary N) is 2. The van der Waals surface area contributed by atoms with E-state index in [4.69, 9.17) is 5.10 Å². The molecular weight excluding hydrogens is 469 g/mol. The van der Waals surface area contributed by atoms with Crippen molar-refractivity contribution in [2.24, 2.45) is 4.99 Å². The van der Waals surface area contributed by atoms with E-state index in [1.165, 1.54) is 22.4 Å². The average molecular weight is 495 g/mol. The van der Waals surface area contributed by atoms with Crippen molar-refractivity contribution in [3.05, 3.63) is 75.2 Å². The summed E-state index contributed by atoms with van der Waals surface area (Å²) in [4.78, 5) is 4.31. The van der Waals surface area contributed by atoms with Gasteiger partial charge in [-0.1, -0.05) is 30.3 Å². The van der Waals surface area contributed by atoms with E-state index in [1.54, 1.807) is 18.4 Å². The lowest BCUT2D eigenvalue weighted by atomic mass is 10.2. The number of hydrogen-bond donors (Lipinski definition) is 2. The quantitative estimate of drug-likeness (QED) is 0.308. The second-order valence-electron chi connectivity index (χ2n) is 6.20. The Hall–Kier alpha value is -1.87. The molecule has 7 heteroatoms. The first kappa shape index (κ1) is 21.4. The SMILES string of the molecule is CN=C(NCc1ccsc1)NCc1c(C)nn(Cc2ccccc2)c1C.I. The number of aryl methyl sites for hydroxylation is 1. The lowest BCUT2D eigenvalue weighted by Gasteiger charge is -2.12. The summed E-state index contributed by atoms with van der Waals surface area (Å²) in [5.74, 6) is 0.797. The summed E-state index contributed by atoms with van der Waals surface area (Å²) in [6.07, 6.45) is 0. The van der Waals surface area contributed by atoms with E-state index in [0.29, 0.717) is 6.54 Å². The lowest BCUT2D eigenvalue weighted by molar-refractivity contribution is 0.657. The van der Waals surface area contributed by atoms with Crippen LogP contribution >= 0.6 is 35.3 Å². The van der Waals surface area contributed by atoms with Crippen molar-refractivity contribution in [1.29, 1.82) is 0 Å². The van der Waals surface area contributed by atoms with E-state index >= 15 is 0 Å². The Morgan fingerprint density at radius 2 is 1.81 bits per heavy atom. The van der Waals surface area contributed by atoms with E-state index in [2.05, 4.69) is 75.2 Å². The number of guanidine groups is 1. The molecule has 0 saturated carbocycles. The molecule has 3 rings (SSSR count). The first-order valence-electron chi connectivity index (χ1n) is 8.69. The Bertz CT molecular complexity index is 856. The summed E-state index contributed by atoms with van der Waals surface area (Å²) >= 11 is 1.71. The van der Waals surface area contributed by atoms with E-state index in [9.17, 15) is 0 Å². The molecule has 0 atom stereocenters. The molecule has 0 spiro atoms. The van der Waals surface area contributed by atoms with Crippen molar-refractivity contribution >= 4 is 41.3 Å². The third kappa shape index (κ3) is 5.80. The van der Waals surface area contributed by atoms with Crippen LogP contribution in [0.25, 0.3) is 0 Å². The standard InChI is InChI=1S/C20H25N5S.HI/c1-15-19(12-23-20(21-3)22-11-18-9-10-26-14-18)16(2)25(24-15)13-17-7-5-4-6-8-17;/h4-10,14H,11-13H2,1-3H3,(H2,21,22,23);1H. The first-order valence-corrected chi connectivity index (χ1v) is 9.64. The highest BCUT2D eigenvalue weighted by molar-refractivity contribution is 14.0. The Labute approximate surface area is 181 Å². The minimum Gasteiger partial charge on any atom is -0.352 e. The number of aliphatic imine (C=N–C) groups is 1. The Balaban J connectivity index is 0.00000261. The highest BCUT2D eigenvalue weighted by Crippen LogP contribution is 2.14. The number of thiophene rings is 1. The zero-order chi connectivity index (χ0) is 18.4. The Morgan fingerprint density at radius 3 is 2.48 bits per heavy atom. The molecule has 1 aromatic carbocycles. The van der Waals surface area contributed by atoms with E-state index in [0.717, 1.165) is 24.7 Å². The molecule has 0 aliphatic rings. The van der Waals surface area contributed by atoms with Crippen LogP contribution in [0.3, 0.4) is 0 Å². The van der Waals surface area contributed by atoms with Gasteiger partial charge in [0.25, 0.3) is 0 Å². The molecular formula is C20H26IN5S. The van der Waals surface area contributed by atoms with Crippen LogP contribution in [0.5, 0.6) is 0 Å². The molecule has 0 aliphatic heterocycles. The zero-order valence-electron chi connectivity index (χ0n) is 15.9. The number of rotatable bonds is 6. The Kier molecular flexibility index (Phi) is 8.30. The van der Waals surface area contributed by atoms with Gasteiger partial charge in [0, 0.05) is 31.4 Å². The van der Waals surface area contributed by atoms with Crippen molar-refractivity contribution < 1.29 is 0 Å². The summed E-state index contributed by atoms with van der Waals surface area (Å²) in [5, 5.41) is 15.7. The van der Waals surface area contributed by atoms with Crippen molar-refractivity contribution in [3.8, 4) is 0 Å². The fraction of sp³-hybridized carbons (Fsp3) is 0.300. The van der Waals surface area contributed by atoms with Gasteiger partial charge in [0.1, 0.15) is 0 Å². The fourth-order valence-electron chi connectivity index (χ4n) is 2.87. The predicted molar refractivity (Wildman–Crippen MR) is 124 cm³/mol. The maximum atomic E-state index is 4.71. The highest BCUT2D eigenvalue weighted by Gasteiger charge is 2.12. The molecule has 0 amide bonds. The van der Waals surface area contributed by atoms with Gasteiger partial charge in [0.05, 0.1) is 12.2 Å². The molecule has 3 aromatic rings. The van der Waals surface area contributed by atoms with Gasteiger partial charge in [-0.05, 0) is 41.8 Å². The van der Waals surface area contributed by atoms with Crippen LogP contribution in [-0.4, -0.2) is 22.8 Å². The van der Waals surface area contributed by atoms with Crippen molar-refractivity contribution in [3.63, 3.8) is 0 Å². The second-order valence-corrected chi connectivity index (χ2v) is 6.98. The highest BCUT2D eigenvalue weighted by atomic mass is 127. The van der Waals surface area contributed by atoms with Crippen molar-refractivity contribution in [2.45, 2.75) is 33.5 Å². The molecule has 0 fully saturated rings. The van der Waals surface area contributed by atoms with E-state index in [-0.39, 0.29) is 24.0 Å². The smallest absolute Gasteiger partial charge is 0.191 e. The summed E-state index contributed by atoms with van der Waals surface area (Å²) in [6, 6.07) is 12.5. The molecule has 27 heavy (non-hydrogen) atoms. The molecule has 0 saturated heterocycles. The van der Waals surface area contributed by atoms with Gasteiger partial charge in [0.2, 0.25) is 0 Å². The van der Waals surface area contributed by atoms with Crippen LogP contribution in [0.2, 0.25) is 0 Å². The summed E-state index contributed by atoms with van der Waals surface area (Å²) in [7, 11) is 1.79. The minimum absolute atomic E-state index is 0. The van der Waals surface area contributed by atoms with Crippen LogP contribution in [-0.2, 0) is 19.6 Å². The predicted octanol–water partition coefficient (Wildman–Crippen LogP) is 4.09. The zero-order valence-corrected chi connectivity index (χ0v) is 19.0. The van der Waals surface area contributed by atoms with Crippen LogP contribution in [0.1, 0.15) is 28.1 Å². The van der Waals surface area contributed by atoms with E-state index in [1.807, 2.05) is 6.07 Å². The topological polar surface area (TPSA) is 54.2 Å². The fourth-order valence-corrected chi connectivity index (χ4v) is 3.54. The maximum absolute atomic E-state index is 4.71. The van der Waals surface area contributed by atoms with Crippen LogP contribution < -0.4 is 10.6 Å². The number of nitrogens with zero attached hydrogens (tertiary/aromatic N) is 3. The normalized spacial score (nSPS) is 11.1. The van der Waals surface area contributed by atoms with Crippen molar-refractivity contribution in [1.82, 2.24) is 20.4 Å². The van der Waals surface area contributed by atoms with Crippen LogP contribution in [0.4, 0.5) is 0 Å². The molecule has 144 valence electrons. The largest absolute Gasteiger partial charge is 0.352 e. The number of benzene rings is 1. The van der Waals surface area contributed by atoms with Gasteiger partial charge in [-0.3, -0.25) is 9.67 Å². The third-order valence-corrected chi connectivity index (χ3v) is 5.13. The Morgan fingerprint density at radius 1 is 1.07 bits per heavy atom. The summed E-state index contributed by atoms with van der Waals surface area (Å²) in [5.41, 5.74) is 5.98. The molecule has 5 nitrogen and oxygen atoms in total.